The van der Waals surface area contributed by atoms with Crippen molar-refractivity contribution in [3.05, 3.63) is 0 Å². The molecule has 0 saturated carbocycles. The number of amides is 1. The van der Waals surface area contributed by atoms with E-state index < -0.39 is 17.6 Å². The number of carboxylic acids is 1. The summed E-state index contributed by atoms with van der Waals surface area (Å²) in [6.45, 7) is 8.90. The molecule has 3 N–H and O–H groups in total. The zero-order valence-corrected chi connectivity index (χ0v) is 12.0. The van der Waals surface area contributed by atoms with Gasteiger partial charge in [0.1, 0.15) is 6.04 Å². The Morgan fingerprint density at radius 2 is 1.95 bits per heavy atom. The average Bonchev–Trinajstić information content (AvgIpc) is 2.38. The highest BCUT2D eigenvalue weighted by Gasteiger charge is 2.36. The summed E-state index contributed by atoms with van der Waals surface area (Å²) in [5.74, 6) is -1.18. The molecule has 1 amide bonds. The number of hydrogen-bond donors (Lipinski definition) is 3. The molecule has 1 rings (SSSR count). The predicted molar refractivity (Wildman–Crippen MR) is 73.0 cm³/mol. The van der Waals surface area contributed by atoms with Gasteiger partial charge in [-0.05, 0) is 20.3 Å². The second-order valence-corrected chi connectivity index (χ2v) is 5.45. The van der Waals surface area contributed by atoms with Gasteiger partial charge in [-0.3, -0.25) is 9.69 Å². The van der Waals surface area contributed by atoms with Crippen LogP contribution in [0.5, 0.6) is 0 Å². The minimum absolute atomic E-state index is 0.213. The summed E-state index contributed by atoms with van der Waals surface area (Å²) in [6, 6.07) is -0.792. The molecular formula is C13H25N3O3. The Bertz CT molecular complexity index is 325. The Hall–Kier alpha value is -1.14. The van der Waals surface area contributed by atoms with Crippen LogP contribution in [0.4, 0.5) is 0 Å². The van der Waals surface area contributed by atoms with Gasteiger partial charge in [0.2, 0.25) is 5.91 Å². The zero-order valence-electron chi connectivity index (χ0n) is 12.0. The number of carbonyl (C=O) groups is 2. The zero-order chi connectivity index (χ0) is 14.5. The van der Waals surface area contributed by atoms with E-state index in [9.17, 15) is 9.59 Å². The SMILES string of the molecule is CCC[C@H](NC(=O)C(C)(C)N1CCNCC1)C(=O)O. The molecule has 0 radical (unpaired) electrons. The Morgan fingerprint density at radius 3 is 2.42 bits per heavy atom. The van der Waals surface area contributed by atoms with Gasteiger partial charge in [-0.2, -0.15) is 0 Å². The normalized spacial score (nSPS) is 18.9. The first-order valence-corrected chi connectivity index (χ1v) is 6.89. The number of nitrogens with zero attached hydrogens (tertiary/aromatic N) is 1. The number of nitrogens with one attached hydrogen (secondary N) is 2. The maximum atomic E-state index is 12.3. The fraction of sp³-hybridized carbons (Fsp3) is 0.846. The molecule has 6 nitrogen and oxygen atoms in total. The van der Waals surface area contributed by atoms with Gasteiger partial charge >= 0.3 is 5.97 Å². The number of hydrogen-bond acceptors (Lipinski definition) is 4. The molecule has 0 unspecified atom stereocenters. The third kappa shape index (κ3) is 4.18. The van der Waals surface area contributed by atoms with Gasteiger partial charge in [0.05, 0.1) is 5.54 Å². The van der Waals surface area contributed by atoms with Crippen LogP contribution in [0.2, 0.25) is 0 Å². The molecule has 19 heavy (non-hydrogen) atoms. The van der Waals surface area contributed by atoms with Crippen molar-refractivity contribution in [1.29, 1.82) is 0 Å². The first-order valence-electron chi connectivity index (χ1n) is 6.89. The maximum Gasteiger partial charge on any atom is 0.326 e. The van der Waals surface area contributed by atoms with E-state index in [0.717, 1.165) is 32.6 Å². The van der Waals surface area contributed by atoms with Crippen LogP contribution in [0.25, 0.3) is 0 Å². The van der Waals surface area contributed by atoms with Crippen LogP contribution in [0.1, 0.15) is 33.6 Å². The van der Waals surface area contributed by atoms with Crippen molar-refractivity contribution in [1.82, 2.24) is 15.5 Å². The first kappa shape index (κ1) is 15.9. The third-order valence-corrected chi connectivity index (χ3v) is 3.64. The minimum atomic E-state index is -0.966. The first-order chi connectivity index (χ1) is 8.89. The lowest BCUT2D eigenvalue weighted by Gasteiger charge is -2.40. The summed E-state index contributed by atoms with van der Waals surface area (Å²) in [5.41, 5.74) is -0.677. The van der Waals surface area contributed by atoms with Crippen LogP contribution < -0.4 is 10.6 Å². The van der Waals surface area contributed by atoms with Crippen LogP contribution in [0, 0.1) is 0 Å². The molecule has 1 saturated heterocycles. The second kappa shape index (κ2) is 6.86. The van der Waals surface area contributed by atoms with E-state index in [1.807, 2.05) is 20.8 Å². The van der Waals surface area contributed by atoms with Gasteiger partial charge < -0.3 is 15.7 Å². The lowest BCUT2D eigenvalue weighted by molar-refractivity contribution is -0.144. The molecule has 110 valence electrons. The number of carbonyl (C=O) groups excluding carboxylic acids is 1. The third-order valence-electron chi connectivity index (χ3n) is 3.64. The van der Waals surface area contributed by atoms with Crippen molar-refractivity contribution < 1.29 is 14.7 Å². The van der Waals surface area contributed by atoms with Crippen molar-refractivity contribution >= 4 is 11.9 Å². The van der Waals surface area contributed by atoms with Crippen molar-refractivity contribution in [2.45, 2.75) is 45.2 Å². The quantitative estimate of drug-likeness (QED) is 0.635. The Kier molecular flexibility index (Phi) is 5.75. The molecule has 6 heteroatoms. The van der Waals surface area contributed by atoms with Crippen LogP contribution in [-0.4, -0.2) is 59.6 Å². The van der Waals surface area contributed by atoms with E-state index in [-0.39, 0.29) is 5.91 Å². The highest BCUT2D eigenvalue weighted by Crippen LogP contribution is 2.16. The van der Waals surface area contributed by atoms with Crippen molar-refractivity contribution in [2.75, 3.05) is 26.2 Å². The summed E-state index contributed by atoms with van der Waals surface area (Å²) in [6.07, 6.45) is 1.18. The van der Waals surface area contributed by atoms with Crippen LogP contribution in [-0.2, 0) is 9.59 Å². The number of carboxylic acid groups (broad SMARTS) is 1. The van der Waals surface area contributed by atoms with E-state index in [1.165, 1.54) is 0 Å². The molecule has 0 spiro atoms. The molecule has 0 aromatic rings. The van der Waals surface area contributed by atoms with Gasteiger partial charge in [-0.25, -0.2) is 4.79 Å². The molecular weight excluding hydrogens is 246 g/mol. The molecule has 1 fully saturated rings. The maximum absolute atomic E-state index is 12.3. The van der Waals surface area contributed by atoms with Gasteiger partial charge in [0.25, 0.3) is 0 Å². The molecule has 1 heterocycles. The number of piperazine rings is 1. The highest BCUT2D eigenvalue weighted by molar-refractivity contribution is 5.89. The van der Waals surface area contributed by atoms with Crippen molar-refractivity contribution in [3.63, 3.8) is 0 Å². The van der Waals surface area contributed by atoms with Gasteiger partial charge in [-0.15, -0.1) is 0 Å². The largest absolute Gasteiger partial charge is 0.480 e. The van der Waals surface area contributed by atoms with Gasteiger partial charge in [0.15, 0.2) is 0 Å². The topological polar surface area (TPSA) is 81.7 Å². The molecule has 0 bridgehead atoms. The van der Waals surface area contributed by atoms with E-state index in [0.29, 0.717) is 6.42 Å². The second-order valence-electron chi connectivity index (χ2n) is 5.45. The highest BCUT2D eigenvalue weighted by atomic mass is 16.4. The summed E-state index contributed by atoms with van der Waals surface area (Å²) in [5, 5.41) is 15.0. The summed E-state index contributed by atoms with van der Waals surface area (Å²) in [7, 11) is 0. The molecule has 1 aliphatic heterocycles. The average molecular weight is 271 g/mol. The van der Waals surface area contributed by atoms with Crippen LogP contribution in [0.3, 0.4) is 0 Å². The lowest BCUT2D eigenvalue weighted by atomic mass is 9.99. The standard InChI is InChI=1S/C13H25N3O3/c1-4-5-10(11(17)18)15-12(19)13(2,3)16-8-6-14-7-9-16/h10,14H,4-9H2,1-3H3,(H,15,19)(H,17,18)/t10-/m0/s1. The smallest absolute Gasteiger partial charge is 0.326 e. The molecule has 0 aliphatic carbocycles. The summed E-state index contributed by atoms with van der Waals surface area (Å²) >= 11 is 0. The van der Waals surface area contributed by atoms with Crippen LogP contribution >= 0.6 is 0 Å². The molecule has 1 aliphatic rings. The van der Waals surface area contributed by atoms with Crippen molar-refractivity contribution in [2.24, 2.45) is 0 Å². The molecule has 0 aromatic carbocycles. The Labute approximate surface area is 114 Å². The number of rotatable bonds is 6. The molecule has 0 aromatic heterocycles. The molecule has 1 atom stereocenters. The van der Waals surface area contributed by atoms with Crippen LogP contribution in [0.15, 0.2) is 0 Å². The Balaban J connectivity index is 2.65. The van der Waals surface area contributed by atoms with E-state index in [4.69, 9.17) is 5.11 Å². The minimum Gasteiger partial charge on any atom is -0.480 e. The lowest BCUT2D eigenvalue weighted by Crippen LogP contribution is -2.61. The Morgan fingerprint density at radius 1 is 1.37 bits per heavy atom. The monoisotopic (exact) mass is 271 g/mol. The fourth-order valence-electron chi connectivity index (χ4n) is 2.25. The van der Waals surface area contributed by atoms with Gasteiger partial charge in [-0.1, -0.05) is 13.3 Å². The number of aliphatic carboxylic acids is 1. The van der Waals surface area contributed by atoms with E-state index in [1.54, 1.807) is 0 Å². The van der Waals surface area contributed by atoms with E-state index in [2.05, 4.69) is 15.5 Å². The van der Waals surface area contributed by atoms with Gasteiger partial charge in [0, 0.05) is 26.2 Å². The van der Waals surface area contributed by atoms with Crippen molar-refractivity contribution in [3.8, 4) is 0 Å². The summed E-state index contributed by atoms with van der Waals surface area (Å²) in [4.78, 5) is 25.5. The summed E-state index contributed by atoms with van der Waals surface area (Å²) < 4.78 is 0. The predicted octanol–water partition coefficient (Wildman–Crippen LogP) is 0.0397. The fourth-order valence-corrected chi connectivity index (χ4v) is 2.25. The van der Waals surface area contributed by atoms with E-state index >= 15 is 0 Å².